The summed E-state index contributed by atoms with van der Waals surface area (Å²) in [6, 6.07) is 8.53. The highest BCUT2D eigenvalue weighted by atomic mass is 16.5. The molecule has 21 heavy (non-hydrogen) atoms. The van der Waals surface area contributed by atoms with Crippen LogP contribution in [0.1, 0.15) is 28.8 Å². The Morgan fingerprint density at radius 3 is 2.33 bits per heavy atom. The molecule has 0 bridgehead atoms. The van der Waals surface area contributed by atoms with Crippen molar-refractivity contribution in [2.24, 2.45) is 0 Å². The molecule has 0 saturated heterocycles. The summed E-state index contributed by atoms with van der Waals surface area (Å²) >= 11 is 0. The Morgan fingerprint density at radius 1 is 1.05 bits per heavy atom. The fourth-order valence-electron chi connectivity index (χ4n) is 2.09. The third-order valence-electron chi connectivity index (χ3n) is 3.34. The number of ether oxygens (including phenoxy) is 1. The second kappa shape index (κ2) is 5.75. The van der Waals surface area contributed by atoms with E-state index in [4.69, 9.17) is 4.74 Å². The highest BCUT2D eigenvalue weighted by molar-refractivity contribution is 6.03. The number of phenolic OH excluding ortho intramolecular Hbond substituents is 3. The van der Waals surface area contributed by atoms with Gasteiger partial charge in [0.1, 0.15) is 11.5 Å². The lowest BCUT2D eigenvalue weighted by molar-refractivity contribution is 0.0963. The van der Waals surface area contributed by atoms with E-state index in [-0.39, 0.29) is 28.6 Å². The highest BCUT2D eigenvalue weighted by Crippen LogP contribution is 2.32. The van der Waals surface area contributed by atoms with E-state index >= 15 is 0 Å². The average molecular weight is 288 g/mol. The summed E-state index contributed by atoms with van der Waals surface area (Å²) in [7, 11) is 1.44. The lowest BCUT2D eigenvalue weighted by atomic mass is 9.91. The van der Waals surface area contributed by atoms with Gasteiger partial charge in [-0.05, 0) is 29.8 Å². The average Bonchev–Trinajstić information content (AvgIpc) is 2.45. The van der Waals surface area contributed by atoms with Crippen molar-refractivity contribution >= 4 is 5.78 Å². The quantitative estimate of drug-likeness (QED) is 0.753. The number of rotatable bonds is 4. The van der Waals surface area contributed by atoms with E-state index in [0.717, 1.165) is 6.07 Å². The van der Waals surface area contributed by atoms with Crippen molar-refractivity contribution in [2.75, 3.05) is 7.11 Å². The van der Waals surface area contributed by atoms with Crippen LogP contribution in [0.15, 0.2) is 36.4 Å². The van der Waals surface area contributed by atoms with Gasteiger partial charge in [0, 0.05) is 12.0 Å². The third kappa shape index (κ3) is 2.91. The number of aromatic hydroxyl groups is 3. The Kier molecular flexibility index (Phi) is 4.03. The van der Waals surface area contributed by atoms with Gasteiger partial charge in [0.2, 0.25) is 0 Å². The zero-order chi connectivity index (χ0) is 15.6. The molecule has 2 aromatic rings. The van der Waals surface area contributed by atoms with E-state index in [1.165, 1.54) is 25.3 Å². The van der Waals surface area contributed by atoms with E-state index in [2.05, 4.69) is 0 Å². The molecule has 3 N–H and O–H groups in total. The Morgan fingerprint density at radius 2 is 1.76 bits per heavy atom. The molecule has 0 radical (unpaired) electrons. The first kappa shape index (κ1) is 14.7. The molecule has 0 fully saturated rings. The zero-order valence-corrected chi connectivity index (χ0v) is 11.7. The predicted molar refractivity (Wildman–Crippen MR) is 77.2 cm³/mol. The minimum atomic E-state index is -0.558. The van der Waals surface area contributed by atoms with Crippen LogP contribution in [0.2, 0.25) is 0 Å². The van der Waals surface area contributed by atoms with Gasteiger partial charge in [0.15, 0.2) is 17.3 Å². The first-order chi connectivity index (χ1) is 9.93. The summed E-state index contributed by atoms with van der Waals surface area (Å²) in [5.41, 5.74) is 0.724. The number of carbonyl (C=O) groups excluding carboxylic acids is 1. The topological polar surface area (TPSA) is 87.0 Å². The largest absolute Gasteiger partial charge is 0.508 e. The van der Waals surface area contributed by atoms with Crippen LogP contribution < -0.4 is 4.74 Å². The molecule has 2 aromatic carbocycles. The minimum Gasteiger partial charge on any atom is -0.508 e. The number of hydrogen-bond donors (Lipinski definition) is 3. The maximum Gasteiger partial charge on any atom is 0.173 e. The molecule has 0 saturated carbocycles. The number of benzene rings is 2. The van der Waals surface area contributed by atoms with Gasteiger partial charge in [-0.25, -0.2) is 0 Å². The summed E-state index contributed by atoms with van der Waals surface area (Å²) in [4.78, 5) is 12.4. The van der Waals surface area contributed by atoms with Crippen LogP contribution >= 0.6 is 0 Å². The molecule has 0 aliphatic rings. The first-order valence-corrected chi connectivity index (χ1v) is 6.37. The number of methoxy groups -OCH3 is 1. The van der Waals surface area contributed by atoms with Crippen molar-refractivity contribution in [1.29, 1.82) is 0 Å². The van der Waals surface area contributed by atoms with E-state index in [1.54, 1.807) is 19.1 Å². The van der Waals surface area contributed by atoms with Gasteiger partial charge < -0.3 is 20.1 Å². The molecule has 5 nitrogen and oxygen atoms in total. The molecule has 5 heteroatoms. The standard InChI is InChI=1S/C16H16O5/c1-9(10-3-6-15(21-2)14(19)7-10)16(20)12-5-4-11(17)8-13(12)18/h3-9,17-19H,1-2H3/t9-/m0/s1. The van der Waals surface area contributed by atoms with Crippen molar-refractivity contribution in [1.82, 2.24) is 0 Å². The number of ketones is 1. The first-order valence-electron chi connectivity index (χ1n) is 6.37. The van der Waals surface area contributed by atoms with Crippen LogP contribution in [0, 0.1) is 0 Å². The minimum absolute atomic E-state index is 0.0513. The Hall–Kier alpha value is -2.69. The van der Waals surface area contributed by atoms with E-state index in [1.807, 2.05) is 0 Å². The molecule has 0 unspecified atom stereocenters. The van der Waals surface area contributed by atoms with E-state index < -0.39 is 5.92 Å². The molecule has 0 aliphatic carbocycles. The maximum absolute atomic E-state index is 12.4. The van der Waals surface area contributed by atoms with Crippen molar-refractivity contribution in [3.8, 4) is 23.0 Å². The predicted octanol–water partition coefficient (Wildman–Crippen LogP) is 2.80. The lowest BCUT2D eigenvalue weighted by Gasteiger charge is -2.13. The van der Waals surface area contributed by atoms with Gasteiger partial charge in [0.25, 0.3) is 0 Å². The second-order valence-electron chi connectivity index (χ2n) is 4.72. The van der Waals surface area contributed by atoms with Gasteiger partial charge in [-0.15, -0.1) is 0 Å². The molecule has 0 heterocycles. The van der Waals surface area contributed by atoms with Crippen LogP contribution in [0.5, 0.6) is 23.0 Å². The summed E-state index contributed by atoms with van der Waals surface area (Å²) in [6.45, 7) is 1.68. The zero-order valence-electron chi connectivity index (χ0n) is 11.7. The molecular weight excluding hydrogens is 272 g/mol. The van der Waals surface area contributed by atoms with Gasteiger partial charge >= 0.3 is 0 Å². The molecule has 2 rings (SSSR count). The summed E-state index contributed by atoms with van der Waals surface area (Å²) < 4.78 is 4.95. The highest BCUT2D eigenvalue weighted by Gasteiger charge is 2.21. The Balaban J connectivity index is 2.32. The molecule has 1 atom stereocenters. The lowest BCUT2D eigenvalue weighted by Crippen LogP contribution is -2.10. The van der Waals surface area contributed by atoms with Crippen molar-refractivity contribution < 1.29 is 24.9 Å². The van der Waals surface area contributed by atoms with Crippen LogP contribution in [0.25, 0.3) is 0 Å². The van der Waals surface area contributed by atoms with Crippen LogP contribution in [-0.2, 0) is 0 Å². The summed E-state index contributed by atoms with van der Waals surface area (Å²) in [5, 5.41) is 28.8. The van der Waals surface area contributed by atoms with Crippen LogP contribution in [-0.4, -0.2) is 28.2 Å². The van der Waals surface area contributed by atoms with Gasteiger partial charge in [-0.1, -0.05) is 13.0 Å². The van der Waals surface area contributed by atoms with Crippen LogP contribution in [0.4, 0.5) is 0 Å². The number of Topliss-reactive ketones (excluding diaryl/α,β-unsaturated/α-hetero) is 1. The Labute approximate surface area is 122 Å². The number of carbonyl (C=O) groups is 1. The molecule has 110 valence electrons. The van der Waals surface area contributed by atoms with Crippen molar-refractivity contribution in [3.63, 3.8) is 0 Å². The van der Waals surface area contributed by atoms with E-state index in [9.17, 15) is 20.1 Å². The smallest absolute Gasteiger partial charge is 0.173 e. The fraction of sp³-hybridized carbons (Fsp3) is 0.188. The Bertz CT molecular complexity index is 678. The van der Waals surface area contributed by atoms with Gasteiger partial charge in [-0.2, -0.15) is 0 Å². The van der Waals surface area contributed by atoms with Crippen molar-refractivity contribution in [2.45, 2.75) is 12.8 Å². The second-order valence-corrected chi connectivity index (χ2v) is 4.72. The number of phenols is 3. The summed E-state index contributed by atoms with van der Waals surface area (Å²) in [6.07, 6.45) is 0. The normalized spacial score (nSPS) is 11.9. The third-order valence-corrected chi connectivity index (χ3v) is 3.34. The molecule has 0 spiro atoms. The molecule has 0 amide bonds. The summed E-state index contributed by atoms with van der Waals surface area (Å²) in [5.74, 6) is -0.979. The molecular formula is C16H16O5. The van der Waals surface area contributed by atoms with Crippen molar-refractivity contribution in [3.05, 3.63) is 47.5 Å². The van der Waals surface area contributed by atoms with Gasteiger partial charge in [0.05, 0.1) is 12.7 Å². The monoisotopic (exact) mass is 288 g/mol. The van der Waals surface area contributed by atoms with E-state index in [0.29, 0.717) is 11.3 Å². The SMILES string of the molecule is COc1ccc([C@H](C)C(=O)c2ccc(O)cc2O)cc1O. The van der Waals surface area contributed by atoms with Crippen LogP contribution in [0.3, 0.4) is 0 Å². The van der Waals surface area contributed by atoms with Gasteiger partial charge in [-0.3, -0.25) is 4.79 Å². The molecule has 0 aromatic heterocycles. The maximum atomic E-state index is 12.4. The fourth-order valence-corrected chi connectivity index (χ4v) is 2.09. The number of hydrogen-bond acceptors (Lipinski definition) is 5. The molecule has 0 aliphatic heterocycles.